The summed E-state index contributed by atoms with van der Waals surface area (Å²) in [4.78, 5) is 13.2. The predicted molar refractivity (Wildman–Crippen MR) is 67.1 cm³/mol. The quantitative estimate of drug-likeness (QED) is 0.775. The van der Waals surface area contributed by atoms with Crippen molar-refractivity contribution in [2.75, 3.05) is 20.2 Å². The van der Waals surface area contributed by atoms with Crippen LogP contribution in [0.15, 0.2) is 0 Å². The van der Waals surface area contributed by atoms with E-state index in [1.807, 2.05) is 14.0 Å². The van der Waals surface area contributed by atoms with E-state index in [1.165, 1.54) is 25.7 Å². The lowest BCUT2D eigenvalue weighted by molar-refractivity contribution is -0.151. The Morgan fingerprint density at radius 1 is 1.53 bits per heavy atom. The minimum Gasteiger partial charge on any atom is -0.479 e. The molecule has 0 saturated heterocycles. The van der Waals surface area contributed by atoms with E-state index in [-0.39, 0.29) is 0 Å². The van der Waals surface area contributed by atoms with E-state index in [2.05, 4.69) is 11.8 Å². The third-order valence-electron chi connectivity index (χ3n) is 3.63. The van der Waals surface area contributed by atoms with Gasteiger partial charge in [-0.05, 0) is 32.7 Å². The van der Waals surface area contributed by atoms with Crippen molar-refractivity contribution >= 4 is 5.97 Å². The molecule has 17 heavy (non-hydrogen) atoms. The Bertz CT molecular complexity index is 245. The van der Waals surface area contributed by atoms with Crippen LogP contribution >= 0.6 is 0 Å². The number of likely N-dealkylation sites (N-methyl/N-ethyl adjacent to an activating group) is 1. The maximum atomic E-state index is 11.0. The van der Waals surface area contributed by atoms with E-state index in [1.54, 1.807) is 0 Å². The van der Waals surface area contributed by atoms with Gasteiger partial charge in [0, 0.05) is 19.2 Å². The molecule has 0 amide bonds. The van der Waals surface area contributed by atoms with Gasteiger partial charge in [0.25, 0.3) is 0 Å². The van der Waals surface area contributed by atoms with Gasteiger partial charge in [-0.2, -0.15) is 0 Å². The molecular formula is C13H25NO3. The van der Waals surface area contributed by atoms with Gasteiger partial charge in [0.05, 0.1) is 0 Å². The third-order valence-corrected chi connectivity index (χ3v) is 3.63. The number of hydrogen-bond acceptors (Lipinski definition) is 3. The fourth-order valence-corrected chi connectivity index (χ4v) is 2.62. The Labute approximate surface area is 104 Å². The van der Waals surface area contributed by atoms with Gasteiger partial charge in [-0.1, -0.05) is 19.8 Å². The zero-order valence-electron chi connectivity index (χ0n) is 11.2. The van der Waals surface area contributed by atoms with Crippen molar-refractivity contribution in [2.24, 2.45) is 5.92 Å². The number of ether oxygens (including phenoxy) is 1. The summed E-state index contributed by atoms with van der Waals surface area (Å²) in [5.41, 5.74) is 0. The Kier molecular flexibility index (Phi) is 5.92. The van der Waals surface area contributed by atoms with Crippen molar-refractivity contribution in [3.63, 3.8) is 0 Å². The molecule has 0 aromatic carbocycles. The lowest BCUT2D eigenvalue weighted by Gasteiger charge is -2.35. The van der Waals surface area contributed by atoms with Crippen LogP contribution in [0.5, 0.6) is 0 Å². The number of carboxylic acid groups (broad SMARTS) is 1. The lowest BCUT2D eigenvalue weighted by Crippen LogP contribution is -2.43. The largest absolute Gasteiger partial charge is 0.479 e. The van der Waals surface area contributed by atoms with E-state index >= 15 is 0 Å². The highest BCUT2D eigenvalue weighted by atomic mass is 16.5. The first-order valence-corrected chi connectivity index (χ1v) is 6.59. The van der Waals surface area contributed by atoms with Crippen LogP contribution in [-0.2, 0) is 9.53 Å². The molecule has 1 aliphatic carbocycles. The summed E-state index contributed by atoms with van der Waals surface area (Å²) in [6.07, 6.45) is 4.22. The zero-order valence-corrected chi connectivity index (χ0v) is 11.2. The fraction of sp³-hybridized carbons (Fsp3) is 0.923. The van der Waals surface area contributed by atoms with Crippen LogP contribution in [0, 0.1) is 5.92 Å². The average Bonchev–Trinajstić information content (AvgIpc) is 2.28. The zero-order chi connectivity index (χ0) is 12.8. The van der Waals surface area contributed by atoms with Crippen molar-refractivity contribution in [2.45, 2.75) is 51.7 Å². The van der Waals surface area contributed by atoms with Crippen molar-refractivity contribution in [3.8, 4) is 0 Å². The second kappa shape index (κ2) is 6.97. The standard InChI is InChI=1S/C13H25NO3/c1-4-17-12(13(15)16)9-14(3)11-7-5-6-10(2)8-11/h10-12H,4-9H2,1-3H3,(H,15,16). The molecule has 0 heterocycles. The van der Waals surface area contributed by atoms with E-state index in [9.17, 15) is 4.79 Å². The van der Waals surface area contributed by atoms with Gasteiger partial charge in [-0.3, -0.25) is 0 Å². The van der Waals surface area contributed by atoms with Crippen LogP contribution in [0.2, 0.25) is 0 Å². The summed E-state index contributed by atoms with van der Waals surface area (Å²) >= 11 is 0. The molecular weight excluding hydrogens is 218 g/mol. The monoisotopic (exact) mass is 243 g/mol. The first-order valence-electron chi connectivity index (χ1n) is 6.59. The highest BCUT2D eigenvalue weighted by Crippen LogP contribution is 2.26. The normalized spacial score (nSPS) is 27.1. The van der Waals surface area contributed by atoms with Gasteiger partial charge >= 0.3 is 5.97 Å². The van der Waals surface area contributed by atoms with E-state index in [0.29, 0.717) is 19.2 Å². The Morgan fingerprint density at radius 3 is 2.76 bits per heavy atom. The fourth-order valence-electron chi connectivity index (χ4n) is 2.62. The average molecular weight is 243 g/mol. The lowest BCUT2D eigenvalue weighted by atomic mass is 9.86. The summed E-state index contributed by atoms with van der Waals surface area (Å²) < 4.78 is 5.25. The number of carboxylic acids is 1. The molecule has 3 atom stereocenters. The second-order valence-corrected chi connectivity index (χ2v) is 5.15. The third kappa shape index (κ3) is 4.64. The van der Waals surface area contributed by atoms with Crippen LogP contribution in [0.4, 0.5) is 0 Å². The number of aliphatic carboxylic acids is 1. The van der Waals surface area contributed by atoms with Gasteiger partial charge in [-0.15, -0.1) is 0 Å². The molecule has 0 aromatic rings. The minimum atomic E-state index is -0.859. The number of rotatable bonds is 6. The predicted octanol–water partition coefficient (Wildman–Crippen LogP) is 1.99. The Balaban J connectivity index is 2.45. The molecule has 3 unspecified atom stereocenters. The summed E-state index contributed by atoms with van der Waals surface area (Å²) in [6.45, 7) is 5.04. The topological polar surface area (TPSA) is 49.8 Å². The molecule has 1 rings (SSSR count). The van der Waals surface area contributed by atoms with Crippen LogP contribution in [-0.4, -0.2) is 48.3 Å². The summed E-state index contributed by atoms with van der Waals surface area (Å²) in [7, 11) is 2.01. The molecule has 1 fully saturated rings. The highest BCUT2D eigenvalue weighted by molar-refractivity contribution is 5.72. The molecule has 0 aromatic heterocycles. The van der Waals surface area contributed by atoms with E-state index in [4.69, 9.17) is 9.84 Å². The van der Waals surface area contributed by atoms with Crippen molar-refractivity contribution in [3.05, 3.63) is 0 Å². The molecule has 100 valence electrons. The van der Waals surface area contributed by atoms with Crippen LogP contribution in [0.25, 0.3) is 0 Å². The van der Waals surface area contributed by atoms with Crippen LogP contribution in [0.3, 0.4) is 0 Å². The SMILES string of the molecule is CCOC(CN(C)C1CCCC(C)C1)C(=O)O. The maximum absolute atomic E-state index is 11.0. The first-order chi connectivity index (χ1) is 8.04. The highest BCUT2D eigenvalue weighted by Gasteiger charge is 2.26. The van der Waals surface area contributed by atoms with Gasteiger partial charge in [0.1, 0.15) is 0 Å². The van der Waals surface area contributed by atoms with Gasteiger partial charge in [0.2, 0.25) is 0 Å². The molecule has 1 saturated carbocycles. The number of carbonyl (C=O) groups is 1. The van der Waals surface area contributed by atoms with E-state index < -0.39 is 12.1 Å². The summed E-state index contributed by atoms with van der Waals surface area (Å²) in [6, 6.07) is 0.515. The molecule has 4 heteroatoms. The molecule has 0 radical (unpaired) electrons. The molecule has 0 bridgehead atoms. The van der Waals surface area contributed by atoms with Crippen molar-refractivity contribution in [1.82, 2.24) is 4.90 Å². The maximum Gasteiger partial charge on any atom is 0.334 e. The number of nitrogens with zero attached hydrogens (tertiary/aromatic N) is 1. The summed E-state index contributed by atoms with van der Waals surface area (Å²) in [5.74, 6) is -0.103. The van der Waals surface area contributed by atoms with Crippen LogP contribution in [0.1, 0.15) is 39.5 Å². The molecule has 4 nitrogen and oxygen atoms in total. The Morgan fingerprint density at radius 2 is 2.24 bits per heavy atom. The van der Waals surface area contributed by atoms with Crippen molar-refractivity contribution in [1.29, 1.82) is 0 Å². The van der Waals surface area contributed by atoms with Gasteiger partial charge in [0.15, 0.2) is 6.10 Å². The van der Waals surface area contributed by atoms with Gasteiger partial charge < -0.3 is 14.7 Å². The molecule has 0 aliphatic heterocycles. The first kappa shape index (κ1) is 14.5. The second-order valence-electron chi connectivity index (χ2n) is 5.15. The van der Waals surface area contributed by atoms with E-state index in [0.717, 1.165) is 5.92 Å². The molecule has 0 spiro atoms. The van der Waals surface area contributed by atoms with Crippen LogP contribution < -0.4 is 0 Å². The molecule has 1 aliphatic rings. The minimum absolute atomic E-state index is 0.450. The van der Waals surface area contributed by atoms with Crippen molar-refractivity contribution < 1.29 is 14.6 Å². The number of hydrogen-bond donors (Lipinski definition) is 1. The Hall–Kier alpha value is -0.610. The summed E-state index contributed by atoms with van der Waals surface area (Å²) in [5, 5.41) is 9.05. The van der Waals surface area contributed by atoms with Gasteiger partial charge in [-0.25, -0.2) is 4.79 Å². The smallest absolute Gasteiger partial charge is 0.334 e. The molecule has 1 N–H and O–H groups in total.